The molecule has 154 valence electrons. The van der Waals surface area contributed by atoms with Gasteiger partial charge in [-0.25, -0.2) is 4.79 Å². The fourth-order valence-electron chi connectivity index (χ4n) is 2.57. The summed E-state index contributed by atoms with van der Waals surface area (Å²) >= 11 is 0. The molecule has 0 spiro atoms. The van der Waals surface area contributed by atoms with Gasteiger partial charge >= 0.3 is 5.97 Å². The number of carbonyl (C=O) groups excluding carboxylic acids is 3. The zero-order valence-electron chi connectivity index (χ0n) is 17.0. The Labute approximate surface area is 171 Å². The SMILES string of the molecule is CC(=O)[C@@H](Cc1ccccc1)NC(=O)COC(=O)c1cccc(OCC(C)C)c1. The summed E-state index contributed by atoms with van der Waals surface area (Å²) in [6, 6.07) is 15.3. The minimum atomic E-state index is -0.670. The van der Waals surface area contributed by atoms with Crippen molar-refractivity contribution in [3.8, 4) is 5.75 Å². The van der Waals surface area contributed by atoms with Gasteiger partial charge < -0.3 is 14.8 Å². The lowest BCUT2D eigenvalue weighted by Gasteiger charge is -2.16. The highest BCUT2D eigenvalue weighted by molar-refractivity contribution is 5.93. The second-order valence-electron chi connectivity index (χ2n) is 7.23. The number of amides is 1. The van der Waals surface area contributed by atoms with E-state index in [0.717, 1.165) is 5.56 Å². The summed E-state index contributed by atoms with van der Waals surface area (Å²) in [5, 5.41) is 2.63. The first-order chi connectivity index (χ1) is 13.8. The Kier molecular flexibility index (Phi) is 8.40. The number of hydrogen-bond donors (Lipinski definition) is 1. The maximum Gasteiger partial charge on any atom is 0.338 e. The minimum Gasteiger partial charge on any atom is -0.493 e. The Bertz CT molecular complexity index is 832. The molecule has 0 aliphatic rings. The number of ketones is 1. The molecule has 1 N–H and O–H groups in total. The van der Waals surface area contributed by atoms with Crippen molar-refractivity contribution in [3.63, 3.8) is 0 Å². The third kappa shape index (κ3) is 7.78. The highest BCUT2D eigenvalue weighted by Crippen LogP contribution is 2.15. The van der Waals surface area contributed by atoms with Crippen LogP contribution in [0.3, 0.4) is 0 Å². The topological polar surface area (TPSA) is 81.7 Å². The van der Waals surface area contributed by atoms with Crippen molar-refractivity contribution in [2.24, 2.45) is 5.92 Å². The van der Waals surface area contributed by atoms with E-state index < -0.39 is 24.5 Å². The van der Waals surface area contributed by atoms with Crippen LogP contribution in [-0.2, 0) is 20.7 Å². The number of esters is 1. The zero-order chi connectivity index (χ0) is 21.2. The second kappa shape index (κ2) is 11.0. The number of ether oxygens (including phenoxy) is 2. The van der Waals surface area contributed by atoms with Crippen molar-refractivity contribution in [3.05, 3.63) is 65.7 Å². The highest BCUT2D eigenvalue weighted by atomic mass is 16.5. The molecule has 29 heavy (non-hydrogen) atoms. The van der Waals surface area contributed by atoms with Crippen LogP contribution in [0, 0.1) is 5.92 Å². The summed E-state index contributed by atoms with van der Waals surface area (Å²) in [4.78, 5) is 36.2. The number of Topliss-reactive ketones (excluding diaryl/α,β-unsaturated/α-hetero) is 1. The Morgan fingerprint density at radius 1 is 1.00 bits per heavy atom. The molecule has 0 heterocycles. The average molecular weight is 397 g/mol. The minimum absolute atomic E-state index is 0.163. The molecule has 2 aromatic carbocycles. The predicted octanol–water partition coefficient (Wildman–Crippen LogP) is 3.19. The van der Waals surface area contributed by atoms with Crippen LogP contribution in [0.5, 0.6) is 5.75 Å². The first kappa shape index (κ1) is 22.1. The van der Waals surface area contributed by atoms with Crippen molar-refractivity contribution in [1.82, 2.24) is 5.32 Å². The fraction of sp³-hybridized carbons (Fsp3) is 0.348. The lowest BCUT2D eigenvalue weighted by Crippen LogP contribution is -2.43. The molecule has 1 atom stereocenters. The predicted molar refractivity (Wildman–Crippen MR) is 110 cm³/mol. The van der Waals surface area contributed by atoms with Gasteiger partial charge in [-0.1, -0.05) is 50.2 Å². The molecule has 0 bridgehead atoms. The van der Waals surface area contributed by atoms with Gasteiger partial charge in [-0.2, -0.15) is 0 Å². The van der Waals surface area contributed by atoms with Gasteiger partial charge in [0, 0.05) is 0 Å². The molecule has 0 saturated heterocycles. The summed E-state index contributed by atoms with van der Waals surface area (Å²) < 4.78 is 10.7. The van der Waals surface area contributed by atoms with Crippen LogP contribution in [-0.4, -0.2) is 36.9 Å². The standard InChI is InChI=1S/C23H27NO5/c1-16(2)14-28-20-11-7-10-19(13-20)23(27)29-15-22(26)24-21(17(3)25)12-18-8-5-4-6-9-18/h4-11,13,16,21H,12,14-15H2,1-3H3,(H,24,26)/t21-/m1/s1. The van der Waals surface area contributed by atoms with Crippen LogP contribution in [0.2, 0.25) is 0 Å². The Balaban J connectivity index is 1.88. The normalized spacial score (nSPS) is 11.6. The Hall–Kier alpha value is -3.15. The van der Waals surface area contributed by atoms with E-state index in [4.69, 9.17) is 9.47 Å². The first-order valence-electron chi connectivity index (χ1n) is 9.59. The highest BCUT2D eigenvalue weighted by Gasteiger charge is 2.19. The molecule has 0 radical (unpaired) electrons. The largest absolute Gasteiger partial charge is 0.493 e. The molecule has 1 amide bonds. The van der Waals surface area contributed by atoms with Crippen LogP contribution in [0.4, 0.5) is 0 Å². The number of hydrogen-bond acceptors (Lipinski definition) is 5. The van der Waals surface area contributed by atoms with E-state index in [1.54, 1.807) is 24.3 Å². The maximum absolute atomic E-state index is 12.2. The quantitative estimate of drug-likeness (QED) is 0.623. The lowest BCUT2D eigenvalue weighted by atomic mass is 10.0. The van der Waals surface area contributed by atoms with Crippen LogP contribution >= 0.6 is 0 Å². The van der Waals surface area contributed by atoms with Crippen molar-refractivity contribution in [2.75, 3.05) is 13.2 Å². The number of nitrogens with one attached hydrogen (secondary N) is 1. The van der Waals surface area contributed by atoms with E-state index in [-0.39, 0.29) is 5.78 Å². The molecule has 2 aromatic rings. The Morgan fingerprint density at radius 2 is 1.72 bits per heavy atom. The van der Waals surface area contributed by atoms with Gasteiger partial charge in [0.15, 0.2) is 12.4 Å². The molecular formula is C23H27NO5. The molecule has 6 nitrogen and oxygen atoms in total. The smallest absolute Gasteiger partial charge is 0.338 e. The number of benzene rings is 2. The van der Waals surface area contributed by atoms with E-state index in [1.165, 1.54) is 6.92 Å². The van der Waals surface area contributed by atoms with Gasteiger partial charge in [-0.3, -0.25) is 9.59 Å². The molecule has 2 rings (SSSR count). The second-order valence-corrected chi connectivity index (χ2v) is 7.23. The van der Waals surface area contributed by atoms with Gasteiger partial charge in [0.05, 0.1) is 18.2 Å². The third-order valence-electron chi connectivity index (χ3n) is 4.10. The molecule has 0 aromatic heterocycles. The molecule has 0 fully saturated rings. The van der Waals surface area contributed by atoms with Gasteiger partial charge in [0.25, 0.3) is 5.91 Å². The van der Waals surface area contributed by atoms with E-state index in [1.807, 2.05) is 44.2 Å². The van der Waals surface area contributed by atoms with Crippen molar-refractivity contribution >= 4 is 17.7 Å². The van der Waals surface area contributed by atoms with E-state index >= 15 is 0 Å². The first-order valence-corrected chi connectivity index (χ1v) is 9.59. The molecule has 0 unspecified atom stereocenters. The van der Waals surface area contributed by atoms with Crippen molar-refractivity contribution in [2.45, 2.75) is 33.2 Å². The van der Waals surface area contributed by atoms with Gasteiger partial charge in [0.1, 0.15) is 5.75 Å². The average Bonchev–Trinajstić information content (AvgIpc) is 2.71. The molecule has 0 saturated carbocycles. The maximum atomic E-state index is 12.2. The summed E-state index contributed by atoms with van der Waals surface area (Å²) in [5.41, 5.74) is 1.23. The zero-order valence-corrected chi connectivity index (χ0v) is 17.0. The monoisotopic (exact) mass is 397 g/mol. The van der Waals surface area contributed by atoms with Gasteiger partial charge in [-0.05, 0) is 43.0 Å². The van der Waals surface area contributed by atoms with E-state index in [2.05, 4.69) is 5.32 Å². The van der Waals surface area contributed by atoms with Crippen LogP contribution in [0.25, 0.3) is 0 Å². The third-order valence-corrected chi connectivity index (χ3v) is 4.10. The number of carbonyl (C=O) groups is 3. The van der Waals surface area contributed by atoms with Crippen molar-refractivity contribution < 1.29 is 23.9 Å². The van der Waals surface area contributed by atoms with E-state index in [9.17, 15) is 14.4 Å². The molecule has 6 heteroatoms. The van der Waals surface area contributed by atoms with Crippen LogP contribution in [0.15, 0.2) is 54.6 Å². The summed E-state index contributed by atoms with van der Waals surface area (Å²) in [5.74, 6) is -0.390. The van der Waals surface area contributed by atoms with Crippen molar-refractivity contribution in [1.29, 1.82) is 0 Å². The lowest BCUT2D eigenvalue weighted by molar-refractivity contribution is -0.128. The number of rotatable bonds is 10. The summed E-state index contributed by atoms with van der Waals surface area (Å²) in [7, 11) is 0. The molecular weight excluding hydrogens is 370 g/mol. The van der Waals surface area contributed by atoms with Crippen LogP contribution < -0.4 is 10.1 Å². The molecule has 0 aliphatic heterocycles. The van der Waals surface area contributed by atoms with Gasteiger partial charge in [-0.15, -0.1) is 0 Å². The van der Waals surface area contributed by atoms with E-state index in [0.29, 0.717) is 30.3 Å². The van der Waals surface area contributed by atoms with Gasteiger partial charge in [0.2, 0.25) is 0 Å². The Morgan fingerprint density at radius 3 is 2.38 bits per heavy atom. The molecule has 0 aliphatic carbocycles. The van der Waals surface area contributed by atoms with Crippen LogP contribution in [0.1, 0.15) is 36.7 Å². The fourth-order valence-corrected chi connectivity index (χ4v) is 2.57. The summed E-state index contributed by atoms with van der Waals surface area (Å²) in [6.45, 7) is 5.55. The summed E-state index contributed by atoms with van der Waals surface area (Å²) in [6.07, 6.45) is 0.380.